The van der Waals surface area contributed by atoms with Gasteiger partial charge in [-0.05, 0) is 31.6 Å². The first-order chi connectivity index (χ1) is 12.3. The van der Waals surface area contributed by atoms with E-state index in [2.05, 4.69) is 27.5 Å². The van der Waals surface area contributed by atoms with Crippen molar-refractivity contribution in [2.45, 2.75) is 39.0 Å². The summed E-state index contributed by atoms with van der Waals surface area (Å²) in [6.07, 6.45) is 7.22. The first-order valence-electron chi connectivity index (χ1n) is 9.35. The van der Waals surface area contributed by atoms with Crippen molar-refractivity contribution in [3.05, 3.63) is 16.1 Å². The molecule has 1 aliphatic rings. The number of ether oxygens (including phenoxy) is 2. The minimum atomic E-state index is 0.676. The van der Waals surface area contributed by atoms with E-state index in [0.29, 0.717) is 5.92 Å². The number of guanidine groups is 1. The van der Waals surface area contributed by atoms with Gasteiger partial charge in [0, 0.05) is 64.1 Å². The first kappa shape index (κ1) is 20.1. The van der Waals surface area contributed by atoms with Gasteiger partial charge in [0.2, 0.25) is 0 Å². The lowest BCUT2D eigenvalue weighted by Crippen LogP contribution is -2.39. The average Bonchev–Trinajstić information content (AvgIpc) is 3.12. The molecule has 0 saturated carbocycles. The summed E-state index contributed by atoms with van der Waals surface area (Å²) in [7, 11) is 1.80. The molecule has 0 bridgehead atoms. The topological polar surface area (TPSA) is 67.8 Å². The second-order valence-electron chi connectivity index (χ2n) is 6.23. The smallest absolute Gasteiger partial charge is 0.190 e. The molecule has 7 heteroatoms. The molecule has 0 radical (unpaired) electrons. The normalized spacial score (nSPS) is 16.2. The standard InChI is InChI=1S/C18H32N4O2S/c1-3-16-13-22-17(25-16)5-9-21-18(19-2)20-8-4-10-24-14-15-6-11-23-12-7-15/h13,15H,3-12,14H2,1-2H3,(H2,19,20,21). The maximum absolute atomic E-state index is 5.78. The lowest BCUT2D eigenvalue weighted by molar-refractivity contribution is 0.0203. The van der Waals surface area contributed by atoms with Crippen molar-refractivity contribution in [2.24, 2.45) is 10.9 Å². The van der Waals surface area contributed by atoms with E-state index in [-0.39, 0.29) is 0 Å². The molecule has 1 saturated heterocycles. The Bertz CT molecular complexity index is 501. The second-order valence-corrected chi connectivity index (χ2v) is 7.43. The predicted molar refractivity (Wildman–Crippen MR) is 104 cm³/mol. The number of aromatic nitrogens is 1. The number of nitrogens with zero attached hydrogens (tertiary/aromatic N) is 2. The van der Waals surface area contributed by atoms with Gasteiger partial charge in [0.05, 0.1) is 5.01 Å². The molecule has 0 aliphatic carbocycles. The van der Waals surface area contributed by atoms with Crippen molar-refractivity contribution in [1.29, 1.82) is 0 Å². The van der Waals surface area contributed by atoms with Crippen molar-refractivity contribution in [2.75, 3.05) is 46.6 Å². The summed E-state index contributed by atoms with van der Waals surface area (Å²) in [6, 6.07) is 0. The molecule has 25 heavy (non-hydrogen) atoms. The van der Waals surface area contributed by atoms with Crippen LogP contribution >= 0.6 is 11.3 Å². The molecule has 0 aromatic carbocycles. The molecular weight excluding hydrogens is 336 g/mol. The summed E-state index contributed by atoms with van der Waals surface area (Å²) in [5, 5.41) is 7.85. The number of aryl methyl sites for hydroxylation is 1. The maximum atomic E-state index is 5.78. The van der Waals surface area contributed by atoms with E-state index in [9.17, 15) is 0 Å². The molecule has 1 aromatic rings. The largest absolute Gasteiger partial charge is 0.381 e. The number of aliphatic imine (C=N–C) groups is 1. The lowest BCUT2D eigenvalue weighted by atomic mass is 10.0. The Labute approximate surface area is 155 Å². The molecule has 1 fully saturated rings. The number of thiazole rings is 1. The van der Waals surface area contributed by atoms with Crippen LogP contribution in [0.2, 0.25) is 0 Å². The van der Waals surface area contributed by atoms with E-state index in [1.54, 1.807) is 18.4 Å². The third-order valence-electron chi connectivity index (χ3n) is 4.26. The summed E-state index contributed by atoms with van der Waals surface area (Å²) >= 11 is 1.79. The van der Waals surface area contributed by atoms with Gasteiger partial charge in [-0.3, -0.25) is 4.99 Å². The van der Waals surface area contributed by atoms with Crippen molar-refractivity contribution >= 4 is 17.3 Å². The molecule has 0 amide bonds. The lowest BCUT2D eigenvalue weighted by Gasteiger charge is -2.21. The fourth-order valence-electron chi connectivity index (χ4n) is 2.68. The van der Waals surface area contributed by atoms with Crippen molar-refractivity contribution in [3.8, 4) is 0 Å². The van der Waals surface area contributed by atoms with Crippen LogP contribution < -0.4 is 10.6 Å². The number of nitrogens with one attached hydrogen (secondary N) is 2. The summed E-state index contributed by atoms with van der Waals surface area (Å²) in [5.41, 5.74) is 0. The van der Waals surface area contributed by atoms with Crippen LogP contribution in [-0.4, -0.2) is 57.5 Å². The van der Waals surface area contributed by atoms with Crippen LogP contribution in [0.4, 0.5) is 0 Å². The van der Waals surface area contributed by atoms with Gasteiger partial charge in [-0.15, -0.1) is 11.3 Å². The first-order valence-corrected chi connectivity index (χ1v) is 10.2. The Kier molecular flexibility index (Phi) is 9.84. The Hall–Kier alpha value is -1.18. The molecule has 0 unspecified atom stereocenters. The Morgan fingerprint density at radius 2 is 2.16 bits per heavy atom. The molecule has 0 atom stereocenters. The zero-order chi connectivity index (χ0) is 17.7. The molecule has 2 N–H and O–H groups in total. The number of hydrogen-bond donors (Lipinski definition) is 2. The summed E-state index contributed by atoms with van der Waals surface area (Å²) < 4.78 is 11.1. The van der Waals surface area contributed by atoms with E-state index in [1.807, 2.05) is 6.20 Å². The average molecular weight is 369 g/mol. The van der Waals surface area contributed by atoms with Crippen LogP contribution in [0.1, 0.15) is 36.1 Å². The quantitative estimate of drug-likeness (QED) is 0.377. The molecular formula is C18H32N4O2S. The number of rotatable bonds is 10. The molecule has 2 rings (SSSR count). The number of hydrogen-bond acceptors (Lipinski definition) is 5. The predicted octanol–water partition coefficient (Wildman–Crippen LogP) is 2.25. The van der Waals surface area contributed by atoms with E-state index in [1.165, 1.54) is 9.88 Å². The maximum Gasteiger partial charge on any atom is 0.190 e. The molecule has 1 aromatic heterocycles. The van der Waals surface area contributed by atoms with E-state index in [0.717, 1.165) is 77.6 Å². The zero-order valence-electron chi connectivity index (χ0n) is 15.6. The van der Waals surface area contributed by atoms with Crippen molar-refractivity contribution in [1.82, 2.24) is 15.6 Å². The van der Waals surface area contributed by atoms with Crippen molar-refractivity contribution < 1.29 is 9.47 Å². The van der Waals surface area contributed by atoms with Gasteiger partial charge in [0.15, 0.2) is 5.96 Å². The summed E-state index contributed by atoms with van der Waals surface area (Å²) in [4.78, 5) is 10.0. The van der Waals surface area contributed by atoms with Gasteiger partial charge in [0.25, 0.3) is 0 Å². The van der Waals surface area contributed by atoms with Gasteiger partial charge in [0.1, 0.15) is 0 Å². The van der Waals surface area contributed by atoms with Crippen molar-refractivity contribution in [3.63, 3.8) is 0 Å². The van der Waals surface area contributed by atoms with E-state index in [4.69, 9.17) is 9.47 Å². The second kappa shape index (κ2) is 12.2. The zero-order valence-corrected chi connectivity index (χ0v) is 16.4. The van der Waals surface area contributed by atoms with Gasteiger partial charge >= 0.3 is 0 Å². The van der Waals surface area contributed by atoms with Crippen LogP contribution in [0.5, 0.6) is 0 Å². The third-order valence-corrected chi connectivity index (χ3v) is 5.46. The highest BCUT2D eigenvalue weighted by Gasteiger charge is 2.13. The summed E-state index contributed by atoms with van der Waals surface area (Å²) in [5.74, 6) is 1.52. The third kappa shape index (κ3) is 8.16. The van der Waals surface area contributed by atoms with Crippen LogP contribution in [0, 0.1) is 5.92 Å². The van der Waals surface area contributed by atoms with Gasteiger partial charge in [-0.2, -0.15) is 0 Å². The molecule has 1 aliphatic heterocycles. The minimum Gasteiger partial charge on any atom is -0.381 e. The highest BCUT2D eigenvalue weighted by molar-refractivity contribution is 7.11. The Morgan fingerprint density at radius 3 is 2.88 bits per heavy atom. The monoisotopic (exact) mass is 368 g/mol. The van der Waals surface area contributed by atoms with E-state index < -0.39 is 0 Å². The van der Waals surface area contributed by atoms with Gasteiger partial charge < -0.3 is 20.1 Å². The molecule has 142 valence electrons. The highest BCUT2D eigenvalue weighted by atomic mass is 32.1. The fourth-order valence-corrected chi connectivity index (χ4v) is 3.54. The van der Waals surface area contributed by atoms with Crippen LogP contribution in [0.3, 0.4) is 0 Å². The Balaban J connectivity index is 1.48. The molecule has 2 heterocycles. The summed E-state index contributed by atoms with van der Waals surface area (Å²) in [6.45, 7) is 7.30. The van der Waals surface area contributed by atoms with Crippen LogP contribution in [0.15, 0.2) is 11.2 Å². The fraction of sp³-hybridized carbons (Fsp3) is 0.778. The van der Waals surface area contributed by atoms with Crippen LogP contribution in [-0.2, 0) is 22.3 Å². The van der Waals surface area contributed by atoms with Gasteiger partial charge in [-0.25, -0.2) is 4.98 Å². The van der Waals surface area contributed by atoms with Gasteiger partial charge in [-0.1, -0.05) is 6.92 Å². The minimum absolute atomic E-state index is 0.676. The SMILES string of the molecule is CCc1cnc(CCNC(=NC)NCCCOCC2CCOCC2)s1. The molecule has 0 spiro atoms. The molecule has 6 nitrogen and oxygen atoms in total. The Morgan fingerprint density at radius 1 is 1.36 bits per heavy atom. The van der Waals surface area contributed by atoms with E-state index >= 15 is 0 Å². The highest BCUT2D eigenvalue weighted by Crippen LogP contribution is 2.14. The van der Waals surface area contributed by atoms with Crippen LogP contribution in [0.25, 0.3) is 0 Å².